The number of rotatable bonds is 8. The van der Waals surface area contributed by atoms with Crippen LogP contribution in [-0.2, 0) is 20.9 Å². The topological polar surface area (TPSA) is 73.6 Å². The zero-order chi connectivity index (χ0) is 14.4. The first-order chi connectivity index (χ1) is 9.69. The van der Waals surface area contributed by atoms with Crippen molar-refractivity contribution in [1.29, 1.82) is 0 Å². The summed E-state index contributed by atoms with van der Waals surface area (Å²) in [6.45, 7) is 1.61. The molecule has 0 aliphatic heterocycles. The smallest absolute Gasteiger partial charge is 0.243 e. The Balaban J connectivity index is 0.00000220. The Morgan fingerprint density at radius 2 is 2.24 bits per heavy atom. The van der Waals surface area contributed by atoms with Crippen LogP contribution >= 0.6 is 12.4 Å². The van der Waals surface area contributed by atoms with Crippen molar-refractivity contribution < 1.29 is 14.3 Å². The highest BCUT2D eigenvalue weighted by atomic mass is 35.5. The van der Waals surface area contributed by atoms with Crippen molar-refractivity contribution >= 4 is 24.0 Å². The van der Waals surface area contributed by atoms with Gasteiger partial charge in [-0.2, -0.15) is 0 Å². The highest BCUT2D eigenvalue weighted by Crippen LogP contribution is 2.29. The number of halogens is 1. The predicted octanol–water partition coefficient (Wildman–Crippen LogP) is 1.95. The molecule has 1 saturated carbocycles. The second kappa shape index (κ2) is 9.00. The van der Waals surface area contributed by atoms with Gasteiger partial charge in [0.05, 0.1) is 13.2 Å². The zero-order valence-corrected chi connectivity index (χ0v) is 13.0. The molecule has 2 rings (SSSR count). The summed E-state index contributed by atoms with van der Waals surface area (Å²) in [6, 6.07) is 6.96. The lowest BCUT2D eigenvalue weighted by Crippen LogP contribution is -2.39. The molecule has 3 N–H and O–H groups in total. The van der Waals surface area contributed by atoms with E-state index in [4.69, 9.17) is 15.2 Å². The highest BCUT2D eigenvalue weighted by molar-refractivity contribution is 5.94. The van der Waals surface area contributed by atoms with Gasteiger partial charge in [-0.15, -0.1) is 12.4 Å². The van der Waals surface area contributed by atoms with Crippen LogP contribution in [0.2, 0.25) is 0 Å². The molecule has 118 valence electrons. The minimum atomic E-state index is -0.658. The van der Waals surface area contributed by atoms with Crippen LogP contribution in [0.15, 0.2) is 24.3 Å². The molecule has 5 nitrogen and oxygen atoms in total. The van der Waals surface area contributed by atoms with Gasteiger partial charge in [0.1, 0.15) is 6.04 Å². The Morgan fingerprint density at radius 1 is 1.48 bits per heavy atom. The lowest BCUT2D eigenvalue weighted by molar-refractivity contribution is -0.118. The molecule has 0 saturated heterocycles. The third-order valence-electron chi connectivity index (χ3n) is 3.20. The molecule has 1 aliphatic rings. The van der Waals surface area contributed by atoms with Crippen molar-refractivity contribution in [3.05, 3.63) is 29.8 Å². The van der Waals surface area contributed by atoms with E-state index in [-0.39, 0.29) is 24.9 Å². The van der Waals surface area contributed by atoms with Crippen molar-refractivity contribution in [2.24, 2.45) is 11.7 Å². The van der Waals surface area contributed by atoms with Gasteiger partial charge in [0.2, 0.25) is 5.91 Å². The summed E-state index contributed by atoms with van der Waals surface area (Å²) in [7, 11) is 1.52. The quantitative estimate of drug-likeness (QED) is 0.769. The van der Waals surface area contributed by atoms with Gasteiger partial charge in [0, 0.05) is 19.4 Å². The standard InChI is InChI=1S/C15H22N2O3.ClH/c1-19-10-14(16)15(18)17-13-4-2-3-12(7-13)9-20-8-11-5-6-11;/h2-4,7,11,14H,5-6,8-10,16H2,1H3,(H,17,18);1H. The summed E-state index contributed by atoms with van der Waals surface area (Å²) in [5.74, 6) is 0.507. The Morgan fingerprint density at radius 3 is 2.90 bits per heavy atom. The Hall–Kier alpha value is -1.14. The molecule has 0 heterocycles. The molecule has 6 heteroatoms. The second-order valence-electron chi connectivity index (χ2n) is 5.21. The molecule has 1 aromatic rings. The van der Waals surface area contributed by atoms with Gasteiger partial charge in [-0.3, -0.25) is 4.79 Å². The van der Waals surface area contributed by atoms with Crippen LogP contribution in [0.3, 0.4) is 0 Å². The molecule has 0 aromatic heterocycles. The predicted molar refractivity (Wildman–Crippen MR) is 84.6 cm³/mol. The van der Waals surface area contributed by atoms with Crippen LogP contribution in [0.25, 0.3) is 0 Å². The number of hydrogen-bond donors (Lipinski definition) is 2. The van der Waals surface area contributed by atoms with Crippen LogP contribution in [0.1, 0.15) is 18.4 Å². The number of ether oxygens (including phenoxy) is 2. The Kier molecular flexibility index (Phi) is 7.67. The lowest BCUT2D eigenvalue weighted by atomic mass is 10.2. The summed E-state index contributed by atoms with van der Waals surface area (Å²) in [6.07, 6.45) is 2.57. The zero-order valence-electron chi connectivity index (χ0n) is 12.2. The van der Waals surface area contributed by atoms with Crippen LogP contribution in [0.5, 0.6) is 0 Å². The molecule has 1 unspecified atom stereocenters. The largest absolute Gasteiger partial charge is 0.383 e. The van der Waals surface area contributed by atoms with Gasteiger partial charge in [-0.05, 0) is 36.5 Å². The SMILES string of the molecule is COCC(N)C(=O)Nc1cccc(COCC2CC2)c1.Cl. The molecule has 1 aliphatic carbocycles. The molecular weight excluding hydrogens is 292 g/mol. The van der Waals surface area contributed by atoms with Crippen LogP contribution < -0.4 is 11.1 Å². The summed E-state index contributed by atoms with van der Waals surface area (Å²) < 4.78 is 10.5. The van der Waals surface area contributed by atoms with Gasteiger partial charge in [0.25, 0.3) is 0 Å². The van der Waals surface area contributed by atoms with E-state index in [1.807, 2.05) is 24.3 Å². The number of carbonyl (C=O) groups is 1. The van der Waals surface area contributed by atoms with Crippen LogP contribution in [0.4, 0.5) is 5.69 Å². The van der Waals surface area contributed by atoms with Crippen molar-refractivity contribution in [2.45, 2.75) is 25.5 Å². The highest BCUT2D eigenvalue weighted by Gasteiger charge is 2.21. The number of anilines is 1. The first-order valence-corrected chi connectivity index (χ1v) is 6.91. The van der Waals surface area contributed by atoms with E-state index in [9.17, 15) is 4.79 Å². The lowest BCUT2D eigenvalue weighted by Gasteiger charge is -2.12. The molecule has 1 atom stereocenters. The fourth-order valence-electron chi connectivity index (χ4n) is 1.86. The van der Waals surface area contributed by atoms with Gasteiger partial charge in [-0.25, -0.2) is 0 Å². The van der Waals surface area contributed by atoms with E-state index in [0.717, 1.165) is 23.8 Å². The summed E-state index contributed by atoms with van der Waals surface area (Å²) in [5, 5.41) is 2.78. The van der Waals surface area contributed by atoms with Crippen LogP contribution in [-0.4, -0.2) is 32.3 Å². The first kappa shape index (κ1) is 17.9. The number of carbonyl (C=O) groups excluding carboxylic acids is 1. The molecular formula is C15H23ClN2O3. The van der Waals surface area contributed by atoms with Crippen molar-refractivity contribution in [2.75, 3.05) is 25.6 Å². The van der Waals surface area contributed by atoms with Crippen molar-refractivity contribution in [3.63, 3.8) is 0 Å². The van der Waals surface area contributed by atoms with Gasteiger partial charge in [-0.1, -0.05) is 12.1 Å². The molecule has 21 heavy (non-hydrogen) atoms. The summed E-state index contributed by atoms with van der Waals surface area (Å²) in [5.41, 5.74) is 7.45. The monoisotopic (exact) mass is 314 g/mol. The normalized spacial score (nSPS) is 15.1. The maximum Gasteiger partial charge on any atom is 0.243 e. The van der Waals surface area contributed by atoms with Crippen LogP contribution in [0, 0.1) is 5.92 Å². The Labute approximate surface area is 131 Å². The maximum absolute atomic E-state index is 11.8. The number of nitrogens with one attached hydrogen (secondary N) is 1. The van der Waals surface area contributed by atoms with Gasteiger partial charge in [0.15, 0.2) is 0 Å². The molecule has 1 fully saturated rings. The van der Waals surface area contributed by atoms with E-state index in [1.165, 1.54) is 20.0 Å². The fourth-order valence-corrected chi connectivity index (χ4v) is 1.86. The number of benzene rings is 1. The van der Waals surface area contributed by atoms with E-state index in [1.54, 1.807) is 0 Å². The first-order valence-electron chi connectivity index (χ1n) is 6.91. The van der Waals surface area contributed by atoms with Gasteiger partial charge < -0.3 is 20.5 Å². The molecule has 0 bridgehead atoms. The average Bonchev–Trinajstić information content (AvgIpc) is 3.23. The number of amides is 1. The summed E-state index contributed by atoms with van der Waals surface area (Å²) >= 11 is 0. The fraction of sp³-hybridized carbons (Fsp3) is 0.533. The molecule has 1 amide bonds. The molecule has 1 aromatic carbocycles. The average molecular weight is 315 g/mol. The minimum Gasteiger partial charge on any atom is -0.383 e. The number of nitrogens with two attached hydrogens (primary N) is 1. The van der Waals surface area contributed by atoms with Gasteiger partial charge >= 0.3 is 0 Å². The third-order valence-corrected chi connectivity index (χ3v) is 3.20. The second-order valence-corrected chi connectivity index (χ2v) is 5.21. The third kappa shape index (κ3) is 6.44. The van der Waals surface area contributed by atoms with E-state index >= 15 is 0 Å². The molecule has 0 radical (unpaired) electrons. The maximum atomic E-state index is 11.8. The number of hydrogen-bond acceptors (Lipinski definition) is 4. The van der Waals surface area contributed by atoms with E-state index < -0.39 is 6.04 Å². The van der Waals surface area contributed by atoms with E-state index in [2.05, 4.69) is 5.32 Å². The number of methoxy groups -OCH3 is 1. The Bertz CT molecular complexity index is 452. The van der Waals surface area contributed by atoms with Crippen molar-refractivity contribution in [1.82, 2.24) is 0 Å². The van der Waals surface area contributed by atoms with E-state index in [0.29, 0.717) is 6.61 Å². The summed E-state index contributed by atoms with van der Waals surface area (Å²) in [4.78, 5) is 11.8. The van der Waals surface area contributed by atoms with Crippen molar-refractivity contribution in [3.8, 4) is 0 Å². The molecule has 0 spiro atoms. The minimum absolute atomic E-state index is 0.